The third kappa shape index (κ3) is 3.92. The summed E-state index contributed by atoms with van der Waals surface area (Å²) in [6.45, 7) is 5.92. The molecule has 0 saturated heterocycles. The van der Waals surface area contributed by atoms with Gasteiger partial charge in [-0.05, 0) is 51.3 Å². The number of nitrogens with one attached hydrogen (secondary N) is 3. The Kier molecular flexibility index (Phi) is 4.93. The van der Waals surface area contributed by atoms with E-state index >= 15 is 0 Å². The predicted octanol–water partition coefficient (Wildman–Crippen LogP) is 3.46. The predicted molar refractivity (Wildman–Crippen MR) is 101 cm³/mol. The minimum Gasteiger partial charge on any atom is -0.380 e. The lowest BCUT2D eigenvalue weighted by atomic mass is 9.92. The molecule has 0 aromatic heterocycles. The highest BCUT2D eigenvalue weighted by Crippen LogP contribution is 2.36. The molecule has 1 atom stereocenters. The fourth-order valence-corrected chi connectivity index (χ4v) is 3.25. The Morgan fingerprint density at radius 1 is 1.32 bits per heavy atom. The van der Waals surface area contributed by atoms with Gasteiger partial charge in [0.25, 0.3) is 0 Å². The van der Waals surface area contributed by atoms with E-state index in [1.807, 2.05) is 45.0 Å². The van der Waals surface area contributed by atoms with Crippen molar-refractivity contribution in [2.75, 3.05) is 10.6 Å². The summed E-state index contributed by atoms with van der Waals surface area (Å²) < 4.78 is 0. The van der Waals surface area contributed by atoms with Gasteiger partial charge in [-0.15, -0.1) is 0 Å². The SMILES string of the molecule is CC(C)NC(=O)C1=CC(c2cccc3c2N[C@H](C)CC(=O)N3)=CCC1. The molecule has 0 spiro atoms. The molecule has 5 heteroatoms. The van der Waals surface area contributed by atoms with E-state index in [0.717, 1.165) is 40.9 Å². The Morgan fingerprint density at radius 2 is 2.12 bits per heavy atom. The van der Waals surface area contributed by atoms with Crippen LogP contribution < -0.4 is 16.0 Å². The largest absolute Gasteiger partial charge is 0.380 e. The van der Waals surface area contributed by atoms with E-state index in [2.05, 4.69) is 22.0 Å². The van der Waals surface area contributed by atoms with Crippen LogP contribution in [0, 0.1) is 0 Å². The van der Waals surface area contributed by atoms with Gasteiger partial charge in [-0.2, -0.15) is 0 Å². The molecule has 0 bridgehead atoms. The Morgan fingerprint density at radius 3 is 2.88 bits per heavy atom. The van der Waals surface area contributed by atoms with Crippen LogP contribution in [0.3, 0.4) is 0 Å². The third-order valence-corrected chi connectivity index (χ3v) is 4.35. The molecule has 0 fully saturated rings. The van der Waals surface area contributed by atoms with Crippen molar-refractivity contribution in [3.05, 3.63) is 41.5 Å². The number of benzene rings is 1. The van der Waals surface area contributed by atoms with E-state index in [1.165, 1.54) is 0 Å². The first-order chi connectivity index (χ1) is 11.9. The lowest BCUT2D eigenvalue weighted by molar-refractivity contribution is -0.118. The summed E-state index contributed by atoms with van der Waals surface area (Å²) in [5.74, 6) is 0.0123. The topological polar surface area (TPSA) is 70.2 Å². The van der Waals surface area contributed by atoms with Crippen LogP contribution in [0.5, 0.6) is 0 Å². The maximum atomic E-state index is 12.3. The molecule has 2 aliphatic rings. The number of hydrogen-bond acceptors (Lipinski definition) is 3. The molecule has 1 aromatic rings. The average Bonchev–Trinajstić information content (AvgIpc) is 2.70. The van der Waals surface area contributed by atoms with Crippen LogP contribution in [-0.2, 0) is 9.59 Å². The summed E-state index contributed by atoms with van der Waals surface area (Å²) in [5.41, 5.74) is 4.55. The molecule has 0 radical (unpaired) electrons. The van der Waals surface area contributed by atoms with E-state index in [1.54, 1.807) is 0 Å². The van der Waals surface area contributed by atoms with Gasteiger partial charge >= 0.3 is 0 Å². The summed E-state index contributed by atoms with van der Waals surface area (Å²) in [6, 6.07) is 6.04. The number of rotatable bonds is 3. The van der Waals surface area contributed by atoms with Gasteiger partial charge in [0, 0.05) is 29.6 Å². The fourth-order valence-electron chi connectivity index (χ4n) is 3.25. The lowest BCUT2D eigenvalue weighted by Gasteiger charge is -2.20. The van der Waals surface area contributed by atoms with Crippen molar-refractivity contribution in [2.45, 2.75) is 52.1 Å². The van der Waals surface area contributed by atoms with Crippen molar-refractivity contribution in [3.63, 3.8) is 0 Å². The second-order valence-electron chi connectivity index (χ2n) is 7.02. The van der Waals surface area contributed by atoms with Crippen LogP contribution in [0.25, 0.3) is 5.57 Å². The standard InChI is InChI=1S/C20H25N3O2/c1-12(2)21-20(25)15-7-4-6-14(11-15)16-8-5-9-17-19(16)22-13(3)10-18(24)23-17/h5-6,8-9,11-13,22H,4,7,10H2,1-3H3,(H,21,25)(H,23,24)/t13-/m1/s1. The first-order valence-electron chi connectivity index (χ1n) is 8.85. The van der Waals surface area contributed by atoms with E-state index in [0.29, 0.717) is 6.42 Å². The summed E-state index contributed by atoms with van der Waals surface area (Å²) in [5, 5.41) is 9.37. The van der Waals surface area contributed by atoms with Gasteiger partial charge in [0.15, 0.2) is 0 Å². The summed E-state index contributed by atoms with van der Waals surface area (Å²) in [7, 11) is 0. The molecular weight excluding hydrogens is 314 g/mol. The molecule has 25 heavy (non-hydrogen) atoms. The monoisotopic (exact) mass is 339 g/mol. The molecule has 5 nitrogen and oxygen atoms in total. The van der Waals surface area contributed by atoms with Gasteiger partial charge < -0.3 is 16.0 Å². The Bertz CT molecular complexity index is 762. The van der Waals surface area contributed by atoms with E-state index < -0.39 is 0 Å². The molecular formula is C20H25N3O2. The first kappa shape index (κ1) is 17.3. The van der Waals surface area contributed by atoms with Crippen LogP contribution >= 0.6 is 0 Å². The maximum absolute atomic E-state index is 12.3. The highest BCUT2D eigenvalue weighted by Gasteiger charge is 2.22. The number of hydrogen-bond donors (Lipinski definition) is 3. The number of fused-ring (bicyclic) bond motifs is 1. The molecule has 2 amide bonds. The molecule has 1 heterocycles. The van der Waals surface area contributed by atoms with Crippen molar-refractivity contribution in [3.8, 4) is 0 Å². The summed E-state index contributed by atoms with van der Waals surface area (Å²) in [6.07, 6.45) is 6.14. The van der Waals surface area contributed by atoms with Crippen molar-refractivity contribution >= 4 is 28.8 Å². The molecule has 1 aromatic carbocycles. The van der Waals surface area contributed by atoms with Crippen LogP contribution in [0.1, 0.15) is 45.6 Å². The number of para-hydroxylation sites is 1. The highest BCUT2D eigenvalue weighted by molar-refractivity contribution is 6.02. The Hall–Kier alpha value is -2.56. The zero-order valence-corrected chi connectivity index (χ0v) is 15.0. The molecule has 3 rings (SSSR count). The van der Waals surface area contributed by atoms with E-state index in [9.17, 15) is 9.59 Å². The maximum Gasteiger partial charge on any atom is 0.247 e. The second kappa shape index (κ2) is 7.13. The minimum atomic E-state index is -0.00255. The highest BCUT2D eigenvalue weighted by atomic mass is 16.2. The number of allylic oxidation sites excluding steroid dienone is 3. The normalized spacial score (nSPS) is 19.8. The van der Waals surface area contributed by atoms with Crippen molar-refractivity contribution in [2.24, 2.45) is 0 Å². The number of carbonyl (C=O) groups is 2. The second-order valence-corrected chi connectivity index (χ2v) is 7.02. The summed E-state index contributed by atoms with van der Waals surface area (Å²) >= 11 is 0. The first-order valence-corrected chi connectivity index (χ1v) is 8.85. The molecule has 0 unspecified atom stereocenters. The van der Waals surface area contributed by atoms with Gasteiger partial charge in [-0.3, -0.25) is 9.59 Å². The van der Waals surface area contributed by atoms with Crippen LogP contribution in [0.15, 0.2) is 35.9 Å². The molecule has 3 N–H and O–H groups in total. The smallest absolute Gasteiger partial charge is 0.247 e. The van der Waals surface area contributed by atoms with E-state index in [4.69, 9.17) is 0 Å². The van der Waals surface area contributed by atoms with Crippen LogP contribution in [0.4, 0.5) is 11.4 Å². The zero-order chi connectivity index (χ0) is 18.0. The van der Waals surface area contributed by atoms with Gasteiger partial charge in [0.2, 0.25) is 11.8 Å². The van der Waals surface area contributed by atoms with Gasteiger partial charge in [-0.1, -0.05) is 18.2 Å². The van der Waals surface area contributed by atoms with Crippen molar-refractivity contribution in [1.82, 2.24) is 5.32 Å². The quantitative estimate of drug-likeness (QED) is 0.790. The lowest BCUT2D eigenvalue weighted by Crippen LogP contribution is -2.31. The van der Waals surface area contributed by atoms with Gasteiger partial charge in [-0.25, -0.2) is 0 Å². The Balaban J connectivity index is 1.96. The molecule has 132 valence electrons. The third-order valence-electron chi connectivity index (χ3n) is 4.35. The minimum absolute atomic E-state index is 0.00255. The van der Waals surface area contributed by atoms with Crippen LogP contribution in [-0.4, -0.2) is 23.9 Å². The average molecular weight is 339 g/mol. The van der Waals surface area contributed by atoms with Gasteiger partial charge in [0.1, 0.15) is 0 Å². The summed E-state index contributed by atoms with van der Waals surface area (Å²) in [4.78, 5) is 24.3. The number of amides is 2. The molecule has 0 saturated carbocycles. The fraction of sp³-hybridized carbons (Fsp3) is 0.400. The van der Waals surface area contributed by atoms with Crippen molar-refractivity contribution < 1.29 is 9.59 Å². The van der Waals surface area contributed by atoms with Crippen LogP contribution in [0.2, 0.25) is 0 Å². The van der Waals surface area contributed by atoms with Gasteiger partial charge in [0.05, 0.1) is 11.4 Å². The van der Waals surface area contributed by atoms with Crippen molar-refractivity contribution in [1.29, 1.82) is 0 Å². The molecule has 1 aliphatic heterocycles. The number of anilines is 2. The Labute approximate surface area is 148 Å². The molecule has 1 aliphatic carbocycles. The zero-order valence-electron chi connectivity index (χ0n) is 15.0. The van der Waals surface area contributed by atoms with E-state index in [-0.39, 0.29) is 23.9 Å². The number of carbonyl (C=O) groups excluding carboxylic acids is 2.